The van der Waals surface area contributed by atoms with Gasteiger partial charge in [0.15, 0.2) is 5.11 Å². The first-order valence-corrected chi connectivity index (χ1v) is 11.2. The van der Waals surface area contributed by atoms with Crippen LogP contribution in [0, 0.1) is 5.92 Å². The standard InChI is InChI=1S/C22H34N4O2S/c1-16-6-4-5-7-20(16)23-22(29)25-24-17(2)18-8-9-21(27-3)19(14-18)15-26-10-12-28-13-11-26/h8-9,14,16,20H,4-7,10-13,15H2,1-3H3,(H2,23,25,29)/p+1/b24-17-/t16-,20+/m0/s1. The molecular weight excluding hydrogens is 384 g/mol. The molecule has 1 heterocycles. The predicted molar refractivity (Wildman–Crippen MR) is 121 cm³/mol. The van der Waals surface area contributed by atoms with Crippen LogP contribution < -0.4 is 20.4 Å². The number of morpholine rings is 1. The number of quaternary nitrogens is 1. The first-order chi connectivity index (χ1) is 14.1. The topological polar surface area (TPSA) is 59.3 Å². The first kappa shape index (κ1) is 22.0. The number of hydrogen-bond acceptors (Lipinski definition) is 4. The van der Waals surface area contributed by atoms with Crippen molar-refractivity contribution in [3.05, 3.63) is 29.3 Å². The molecule has 1 aliphatic heterocycles. The van der Waals surface area contributed by atoms with E-state index >= 15 is 0 Å². The fourth-order valence-electron chi connectivity index (χ4n) is 4.18. The molecular formula is C22H35N4O2S+. The van der Waals surface area contributed by atoms with Gasteiger partial charge in [-0.25, -0.2) is 0 Å². The molecule has 0 unspecified atom stereocenters. The summed E-state index contributed by atoms with van der Waals surface area (Å²) < 4.78 is 11.1. The van der Waals surface area contributed by atoms with Gasteiger partial charge >= 0.3 is 0 Å². The lowest BCUT2D eigenvalue weighted by molar-refractivity contribution is -0.921. The molecule has 7 heteroatoms. The molecule has 0 bridgehead atoms. The minimum Gasteiger partial charge on any atom is -0.496 e. The summed E-state index contributed by atoms with van der Waals surface area (Å²) in [5.74, 6) is 1.58. The van der Waals surface area contributed by atoms with Crippen molar-refractivity contribution in [2.75, 3.05) is 33.4 Å². The quantitative estimate of drug-likeness (QED) is 0.373. The van der Waals surface area contributed by atoms with Gasteiger partial charge in [-0.2, -0.15) is 5.10 Å². The van der Waals surface area contributed by atoms with Gasteiger partial charge in [-0.05, 0) is 61.7 Å². The fourth-order valence-corrected chi connectivity index (χ4v) is 4.38. The van der Waals surface area contributed by atoms with Crippen LogP contribution >= 0.6 is 12.2 Å². The monoisotopic (exact) mass is 419 g/mol. The Morgan fingerprint density at radius 3 is 2.76 bits per heavy atom. The third-order valence-electron chi connectivity index (χ3n) is 6.09. The van der Waals surface area contributed by atoms with E-state index in [-0.39, 0.29) is 0 Å². The van der Waals surface area contributed by atoms with Crippen LogP contribution in [-0.4, -0.2) is 50.3 Å². The fraction of sp³-hybridized carbons (Fsp3) is 0.636. The third-order valence-corrected chi connectivity index (χ3v) is 6.30. The van der Waals surface area contributed by atoms with Gasteiger partial charge in [-0.3, -0.25) is 5.43 Å². The van der Waals surface area contributed by atoms with Gasteiger partial charge in [0, 0.05) is 11.6 Å². The molecule has 2 atom stereocenters. The molecule has 1 aromatic rings. The Kier molecular flexibility index (Phi) is 8.27. The van der Waals surface area contributed by atoms with Gasteiger partial charge in [-0.1, -0.05) is 19.8 Å². The molecule has 160 valence electrons. The molecule has 2 fully saturated rings. The van der Waals surface area contributed by atoms with Gasteiger partial charge in [0.2, 0.25) is 0 Å². The van der Waals surface area contributed by atoms with Crippen molar-refractivity contribution in [3.63, 3.8) is 0 Å². The van der Waals surface area contributed by atoms with Crippen molar-refractivity contribution >= 4 is 23.0 Å². The summed E-state index contributed by atoms with van der Waals surface area (Å²) in [6.07, 6.45) is 5.04. The van der Waals surface area contributed by atoms with Crippen LogP contribution in [0.25, 0.3) is 0 Å². The number of hydrogen-bond donors (Lipinski definition) is 3. The van der Waals surface area contributed by atoms with Crippen LogP contribution in [0.1, 0.15) is 50.7 Å². The highest BCUT2D eigenvalue weighted by molar-refractivity contribution is 7.80. The van der Waals surface area contributed by atoms with Crippen LogP contribution in [0.3, 0.4) is 0 Å². The van der Waals surface area contributed by atoms with E-state index in [1.807, 2.05) is 13.0 Å². The summed E-state index contributed by atoms with van der Waals surface area (Å²) in [6, 6.07) is 6.71. The molecule has 3 N–H and O–H groups in total. The Labute approximate surface area is 180 Å². The Hall–Kier alpha value is -1.70. The van der Waals surface area contributed by atoms with E-state index in [4.69, 9.17) is 21.7 Å². The molecule has 2 aliphatic rings. The average Bonchev–Trinajstić information content (AvgIpc) is 2.74. The number of methoxy groups -OCH3 is 1. The molecule has 0 spiro atoms. The van der Waals surface area contributed by atoms with Crippen LogP contribution in [0.4, 0.5) is 0 Å². The lowest BCUT2D eigenvalue weighted by atomic mass is 9.86. The number of hydrazone groups is 1. The lowest BCUT2D eigenvalue weighted by Crippen LogP contribution is -3.12. The minimum absolute atomic E-state index is 0.448. The maximum absolute atomic E-state index is 5.58. The highest BCUT2D eigenvalue weighted by atomic mass is 32.1. The van der Waals surface area contributed by atoms with Crippen molar-refractivity contribution in [3.8, 4) is 5.75 Å². The molecule has 0 amide bonds. The second kappa shape index (κ2) is 10.9. The zero-order valence-electron chi connectivity index (χ0n) is 17.9. The second-order valence-corrected chi connectivity index (χ2v) is 8.62. The molecule has 0 radical (unpaired) electrons. The zero-order valence-corrected chi connectivity index (χ0v) is 18.7. The van der Waals surface area contributed by atoms with Crippen LogP contribution in [0.5, 0.6) is 5.75 Å². The number of thiocarbonyl (C=S) groups is 1. The lowest BCUT2D eigenvalue weighted by Gasteiger charge is -2.30. The summed E-state index contributed by atoms with van der Waals surface area (Å²) in [4.78, 5) is 1.52. The van der Waals surface area contributed by atoms with Gasteiger partial charge in [0.25, 0.3) is 0 Å². The van der Waals surface area contributed by atoms with E-state index in [9.17, 15) is 0 Å². The number of benzene rings is 1. The molecule has 6 nitrogen and oxygen atoms in total. The number of rotatable bonds is 6. The third kappa shape index (κ3) is 6.39. The molecule has 1 aliphatic carbocycles. The van der Waals surface area contributed by atoms with Crippen molar-refractivity contribution in [2.24, 2.45) is 11.0 Å². The molecule has 0 aromatic heterocycles. The van der Waals surface area contributed by atoms with Crippen LogP contribution in [0.15, 0.2) is 23.3 Å². The highest BCUT2D eigenvalue weighted by Gasteiger charge is 2.21. The number of ether oxygens (including phenoxy) is 2. The summed E-state index contributed by atoms with van der Waals surface area (Å²) >= 11 is 5.47. The Balaban J connectivity index is 1.62. The number of nitrogens with zero attached hydrogens (tertiary/aromatic N) is 1. The van der Waals surface area contributed by atoms with Crippen molar-refractivity contribution in [1.29, 1.82) is 0 Å². The smallest absolute Gasteiger partial charge is 0.187 e. The van der Waals surface area contributed by atoms with Gasteiger partial charge in [0.1, 0.15) is 25.4 Å². The molecule has 1 saturated heterocycles. The van der Waals surface area contributed by atoms with Gasteiger partial charge in [0.05, 0.1) is 26.0 Å². The average molecular weight is 420 g/mol. The predicted octanol–water partition coefficient (Wildman–Crippen LogP) is 1.88. The molecule has 29 heavy (non-hydrogen) atoms. The van der Waals surface area contributed by atoms with E-state index in [1.165, 1.54) is 36.1 Å². The largest absolute Gasteiger partial charge is 0.496 e. The summed E-state index contributed by atoms with van der Waals surface area (Å²) in [5, 5.41) is 8.57. The Morgan fingerprint density at radius 1 is 1.28 bits per heavy atom. The Bertz CT molecular complexity index is 719. The van der Waals surface area contributed by atoms with Crippen molar-refractivity contribution in [2.45, 2.75) is 52.1 Å². The summed E-state index contributed by atoms with van der Waals surface area (Å²) in [5.41, 5.74) is 6.22. The first-order valence-electron chi connectivity index (χ1n) is 10.8. The Morgan fingerprint density at radius 2 is 2.03 bits per heavy atom. The molecule has 1 aromatic carbocycles. The van der Waals surface area contributed by atoms with E-state index < -0.39 is 0 Å². The van der Waals surface area contributed by atoms with Crippen LogP contribution in [0.2, 0.25) is 0 Å². The highest BCUT2D eigenvalue weighted by Crippen LogP contribution is 2.23. The van der Waals surface area contributed by atoms with Gasteiger partial charge < -0.3 is 19.7 Å². The van der Waals surface area contributed by atoms with Gasteiger partial charge in [-0.15, -0.1) is 0 Å². The maximum atomic E-state index is 5.58. The zero-order chi connectivity index (χ0) is 20.6. The second-order valence-electron chi connectivity index (χ2n) is 8.22. The summed E-state index contributed by atoms with van der Waals surface area (Å²) in [6.45, 7) is 8.94. The SMILES string of the molecule is COc1ccc(/C(C)=N\NC(=S)N[C@@H]2CCCC[C@@H]2C)cc1C[NH+]1CCOCC1. The summed E-state index contributed by atoms with van der Waals surface area (Å²) in [7, 11) is 1.73. The van der Waals surface area contributed by atoms with Crippen molar-refractivity contribution in [1.82, 2.24) is 10.7 Å². The van der Waals surface area contributed by atoms with Crippen molar-refractivity contribution < 1.29 is 14.4 Å². The van der Waals surface area contributed by atoms with E-state index in [0.29, 0.717) is 17.1 Å². The molecule has 3 rings (SSSR count). The maximum Gasteiger partial charge on any atom is 0.187 e. The van der Waals surface area contributed by atoms with E-state index in [2.05, 4.69) is 34.9 Å². The normalized spacial score (nSPS) is 23.5. The van der Waals surface area contributed by atoms with E-state index in [0.717, 1.165) is 49.9 Å². The minimum atomic E-state index is 0.448. The number of nitrogens with one attached hydrogen (secondary N) is 3. The molecule has 1 saturated carbocycles. The van der Waals surface area contributed by atoms with Crippen LogP contribution in [-0.2, 0) is 11.3 Å². The van der Waals surface area contributed by atoms with E-state index in [1.54, 1.807) is 7.11 Å².